The van der Waals surface area contributed by atoms with Crippen molar-refractivity contribution in [3.05, 3.63) is 23.6 Å². The fraction of sp³-hybridized carbons (Fsp3) is 0.455. The van der Waals surface area contributed by atoms with Crippen LogP contribution < -0.4 is 11.1 Å². The van der Waals surface area contributed by atoms with Crippen molar-refractivity contribution in [2.24, 2.45) is 5.92 Å². The van der Waals surface area contributed by atoms with Gasteiger partial charge in [0.1, 0.15) is 0 Å². The normalized spacial score (nSPS) is 12.2. The molecule has 0 aromatic carbocycles. The minimum absolute atomic E-state index is 0.0594. The van der Waals surface area contributed by atoms with E-state index in [4.69, 9.17) is 5.73 Å². The Bertz CT molecular complexity index is 381. The number of rotatable bonds is 4. The Hall–Kier alpha value is -1.65. The molecule has 0 aliphatic carbocycles. The van der Waals surface area contributed by atoms with Crippen LogP contribution in [0.4, 0.5) is 10.2 Å². The third-order valence-electron chi connectivity index (χ3n) is 2.47. The summed E-state index contributed by atoms with van der Waals surface area (Å²) >= 11 is 0. The maximum Gasteiger partial charge on any atom is 0.254 e. The van der Waals surface area contributed by atoms with E-state index in [0.717, 1.165) is 6.42 Å². The Morgan fingerprint density at radius 3 is 3.00 bits per heavy atom. The van der Waals surface area contributed by atoms with Crippen LogP contribution in [0.3, 0.4) is 0 Å². The van der Waals surface area contributed by atoms with Crippen LogP contribution >= 0.6 is 0 Å². The quantitative estimate of drug-likeness (QED) is 0.817. The average Bonchev–Trinajstić information content (AvgIpc) is 2.29. The third-order valence-corrected chi connectivity index (χ3v) is 2.47. The summed E-state index contributed by atoms with van der Waals surface area (Å²) in [4.78, 5) is 15.2. The van der Waals surface area contributed by atoms with Gasteiger partial charge < -0.3 is 11.1 Å². The molecular formula is C11H16FN3O. The molecule has 0 saturated carbocycles. The molecule has 1 rings (SSSR count). The summed E-state index contributed by atoms with van der Waals surface area (Å²) in [5, 5.41) is 2.66. The average molecular weight is 225 g/mol. The fourth-order valence-corrected chi connectivity index (χ4v) is 1.14. The number of amides is 1. The highest BCUT2D eigenvalue weighted by Crippen LogP contribution is 2.11. The number of halogens is 1. The first-order valence-corrected chi connectivity index (χ1v) is 5.24. The van der Waals surface area contributed by atoms with Crippen LogP contribution in [0.5, 0.6) is 0 Å². The van der Waals surface area contributed by atoms with Crippen molar-refractivity contribution in [3.8, 4) is 0 Å². The van der Waals surface area contributed by atoms with Gasteiger partial charge in [-0.25, -0.2) is 9.37 Å². The number of nitrogens with two attached hydrogens (primary N) is 1. The number of carbonyl (C=O) groups excluding carboxylic acids is 1. The molecule has 1 amide bonds. The van der Waals surface area contributed by atoms with E-state index in [1.807, 2.05) is 13.8 Å². The van der Waals surface area contributed by atoms with Crippen LogP contribution in [0.2, 0.25) is 0 Å². The molecule has 88 valence electrons. The topological polar surface area (TPSA) is 68.0 Å². The first-order chi connectivity index (χ1) is 7.56. The third kappa shape index (κ3) is 2.92. The van der Waals surface area contributed by atoms with Crippen molar-refractivity contribution in [3.63, 3.8) is 0 Å². The van der Waals surface area contributed by atoms with E-state index in [2.05, 4.69) is 10.3 Å². The molecule has 0 aliphatic rings. The van der Waals surface area contributed by atoms with Crippen LogP contribution in [-0.4, -0.2) is 17.4 Å². The lowest BCUT2D eigenvalue weighted by molar-refractivity contribution is 0.0943. The van der Waals surface area contributed by atoms with E-state index < -0.39 is 11.7 Å². The number of hydrogen-bond acceptors (Lipinski definition) is 3. The number of carbonyl (C=O) groups is 1. The molecule has 3 N–H and O–H groups in total. The minimum atomic E-state index is -0.760. The number of hydrogen-bond donors (Lipinski definition) is 2. The zero-order valence-corrected chi connectivity index (χ0v) is 9.46. The molecule has 16 heavy (non-hydrogen) atoms. The molecule has 1 heterocycles. The SMILES string of the molecule is CCC(C)CNC(=O)c1ccnc(N)c1F. The van der Waals surface area contributed by atoms with Gasteiger partial charge in [0, 0.05) is 12.7 Å². The largest absolute Gasteiger partial charge is 0.381 e. The van der Waals surface area contributed by atoms with Gasteiger partial charge in [-0.1, -0.05) is 20.3 Å². The maximum absolute atomic E-state index is 13.4. The summed E-state index contributed by atoms with van der Waals surface area (Å²) in [5.74, 6) is -1.10. The molecule has 5 heteroatoms. The lowest BCUT2D eigenvalue weighted by atomic mass is 10.1. The fourth-order valence-electron chi connectivity index (χ4n) is 1.14. The van der Waals surface area contributed by atoms with Gasteiger partial charge in [-0.15, -0.1) is 0 Å². The summed E-state index contributed by atoms with van der Waals surface area (Å²) in [6, 6.07) is 1.32. The van der Waals surface area contributed by atoms with Gasteiger partial charge in [-0.3, -0.25) is 4.79 Å². The van der Waals surface area contributed by atoms with Crippen molar-refractivity contribution in [1.29, 1.82) is 0 Å². The number of aromatic nitrogens is 1. The van der Waals surface area contributed by atoms with Gasteiger partial charge in [0.15, 0.2) is 11.6 Å². The number of pyridine rings is 1. The van der Waals surface area contributed by atoms with E-state index in [9.17, 15) is 9.18 Å². The smallest absolute Gasteiger partial charge is 0.254 e. The van der Waals surface area contributed by atoms with E-state index in [1.54, 1.807) is 0 Å². The molecule has 0 fully saturated rings. The Morgan fingerprint density at radius 1 is 1.69 bits per heavy atom. The predicted molar refractivity (Wildman–Crippen MR) is 60.4 cm³/mol. The maximum atomic E-state index is 13.4. The Morgan fingerprint density at radius 2 is 2.38 bits per heavy atom. The Labute approximate surface area is 94.1 Å². The van der Waals surface area contributed by atoms with Gasteiger partial charge in [0.25, 0.3) is 5.91 Å². The molecule has 1 atom stereocenters. The van der Waals surface area contributed by atoms with Gasteiger partial charge in [-0.05, 0) is 12.0 Å². The number of nitrogens with zero attached hydrogens (tertiary/aromatic N) is 1. The van der Waals surface area contributed by atoms with Crippen molar-refractivity contribution >= 4 is 11.7 Å². The van der Waals surface area contributed by atoms with Crippen molar-refractivity contribution in [1.82, 2.24) is 10.3 Å². The van der Waals surface area contributed by atoms with Crippen LogP contribution in [-0.2, 0) is 0 Å². The predicted octanol–water partition coefficient (Wildman–Crippen LogP) is 1.58. The zero-order valence-electron chi connectivity index (χ0n) is 9.46. The summed E-state index contributed by atoms with van der Waals surface area (Å²) in [6.07, 6.45) is 2.28. The zero-order chi connectivity index (χ0) is 12.1. The number of nitrogens with one attached hydrogen (secondary N) is 1. The molecule has 1 unspecified atom stereocenters. The van der Waals surface area contributed by atoms with Gasteiger partial charge in [0.05, 0.1) is 5.56 Å². The summed E-state index contributed by atoms with van der Waals surface area (Å²) in [7, 11) is 0. The second-order valence-corrected chi connectivity index (χ2v) is 3.78. The first-order valence-electron chi connectivity index (χ1n) is 5.24. The molecule has 1 aromatic heterocycles. The number of anilines is 1. The minimum Gasteiger partial charge on any atom is -0.381 e. The molecule has 0 radical (unpaired) electrons. The second kappa shape index (κ2) is 5.44. The molecule has 4 nitrogen and oxygen atoms in total. The van der Waals surface area contributed by atoms with Crippen LogP contribution in [0.15, 0.2) is 12.3 Å². The molecule has 0 bridgehead atoms. The second-order valence-electron chi connectivity index (χ2n) is 3.78. The van der Waals surface area contributed by atoms with Crippen LogP contribution in [0, 0.1) is 11.7 Å². The summed E-state index contributed by atoms with van der Waals surface area (Å²) in [5.41, 5.74) is 5.22. The number of nitrogen functional groups attached to an aromatic ring is 1. The molecule has 0 spiro atoms. The van der Waals surface area contributed by atoms with E-state index in [1.165, 1.54) is 12.3 Å². The highest BCUT2D eigenvalue weighted by Gasteiger charge is 2.14. The molecule has 0 aliphatic heterocycles. The lowest BCUT2D eigenvalue weighted by Gasteiger charge is -2.10. The Balaban J connectivity index is 2.70. The lowest BCUT2D eigenvalue weighted by Crippen LogP contribution is -2.29. The summed E-state index contributed by atoms with van der Waals surface area (Å²) in [6.45, 7) is 4.57. The standard InChI is InChI=1S/C11H16FN3O/c1-3-7(2)6-15-11(16)8-4-5-14-10(13)9(8)12/h4-5,7H,3,6H2,1-2H3,(H2,13,14)(H,15,16). The first kappa shape index (κ1) is 12.4. The van der Waals surface area contributed by atoms with Gasteiger partial charge >= 0.3 is 0 Å². The summed E-state index contributed by atoms with van der Waals surface area (Å²) < 4.78 is 13.4. The van der Waals surface area contributed by atoms with Crippen LogP contribution in [0.1, 0.15) is 30.6 Å². The highest BCUT2D eigenvalue weighted by molar-refractivity contribution is 5.95. The van der Waals surface area contributed by atoms with Crippen molar-refractivity contribution < 1.29 is 9.18 Å². The van der Waals surface area contributed by atoms with E-state index in [0.29, 0.717) is 12.5 Å². The van der Waals surface area contributed by atoms with Crippen molar-refractivity contribution in [2.75, 3.05) is 12.3 Å². The Kier molecular flexibility index (Phi) is 4.22. The monoisotopic (exact) mass is 225 g/mol. The van der Waals surface area contributed by atoms with Gasteiger partial charge in [-0.2, -0.15) is 0 Å². The van der Waals surface area contributed by atoms with Crippen molar-refractivity contribution in [2.45, 2.75) is 20.3 Å². The molecule has 1 aromatic rings. The molecular weight excluding hydrogens is 209 g/mol. The molecule has 0 saturated heterocycles. The van der Waals surface area contributed by atoms with Gasteiger partial charge in [0.2, 0.25) is 0 Å². The highest BCUT2D eigenvalue weighted by atomic mass is 19.1. The van der Waals surface area contributed by atoms with E-state index in [-0.39, 0.29) is 11.4 Å². The van der Waals surface area contributed by atoms with Crippen LogP contribution in [0.25, 0.3) is 0 Å². The van der Waals surface area contributed by atoms with E-state index >= 15 is 0 Å².